The van der Waals surface area contributed by atoms with Crippen molar-refractivity contribution in [3.8, 4) is 0 Å². The molecule has 2 fully saturated rings. The first-order valence-electron chi connectivity index (χ1n) is 4.78. The number of aliphatic hydroxyl groups excluding tert-OH is 1. The molecule has 1 N–H and O–H groups in total. The molecule has 0 bridgehead atoms. The molecule has 0 aliphatic carbocycles. The van der Waals surface area contributed by atoms with Crippen LogP contribution >= 0.6 is 0 Å². The lowest BCUT2D eigenvalue weighted by molar-refractivity contribution is 0.104. The van der Waals surface area contributed by atoms with Crippen molar-refractivity contribution in [2.75, 3.05) is 13.2 Å². The SMILES string of the molecule is OC[C@H]1CC[C@@H]2CCCCN21. The van der Waals surface area contributed by atoms with Crippen LogP contribution in [0.4, 0.5) is 0 Å². The van der Waals surface area contributed by atoms with Crippen molar-refractivity contribution >= 4 is 0 Å². The summed E-state index contributed by atoms with van der Waals surface area (Å²) in [6.07, 6.45) is 6.66. The number of piperidine rings is 1. The molecule has 2 heterocycles. The summed E-state index contributed by atoms with van der Waals surface area (Å²) in [4.78, 5) is 2.52. The summed E-state index contributed by atoms with van der Waals surface area (Å²) < 4.78 is 0. The van der Waals surface area contributed by atoms with E-state index in [0.29, 0.717) is 12.6 Å². The molecule has 2 aliphatic heterocycles. The lowest BCUT2D eigenvalue weighted by Gasteiger charge is -2.33. The molecule has 2 saturated heterocycles. The monoisotopic (exact) mass is 155 g/mol. The number of fused-ring (bicyclic) bond motifs is 1. The number of nitrogens with zero attached hydrogens (tertiary/aromatic N) is 1. The fraction of sp³-hybridized carbons (Fsp3) is 1.00. The van der Waals surface area contributed by atoms with E-state index in [1.165, 1.54) is 38.6 Å². The molecule has 2 nitrogen and oxygen atoms in total. The Balaban J connectivity index is 1.98. The number of rotatable bonds is 1. The van der Waals surface area contributed by atoms with Gasteiger partial charge >= 0.3 is 0 Å². The molecule has 0 unspecified atom stereocenters. The summed E-state index contributed by atoms with van der Waals surface area (Å²) in [7, 11) is 0. The summed E-state index contributed by atoms with van der Waals surface area (Å²) in [6, 6.07) is 1.32. The quantitative estimate of drug-likeness (QED) is 0.610. The van der Waals surface area contributed by atoms with E-state index in [1.54, 1.807) is 0 Å². The van der Waals surface area contributed by atoms with Crippen molar-refractivity contribution < 1.29 is 5.11 Å². The lowest BCUT2D eigenvalue weighted by Crippen LogP contribution is -2.41. The van der Waals surface area contributed by atoms with Crippen LogP contribution in [0.15, 0.2) is 0 Å². The predicted octanol–water partition coefficient (Wildman–Crippen LogP) is 0.996. The van der Waals surface area contributed by atoms with Crippen molar-refractivity contribution in [3.05, 3.63) is 0 Å². The molecule has 2 heteroatoms. The van der Waals surface area contributed by atoms with Crippen molar-refractivity contribution in [1.82, 2.24) is 4.90 Å². The number of hydrogen-bond donors (Lipinski definition) is 1. The third-order valence-corrected chi connectivity index (χ3v) is 3.19. The van der Waals surface area contributed by atoms with E-state index in [1.807, 2.05) is 0 Å². The molecule has 0 aromatic carbocycles. The fourth-order valence-electron chi connectivity index (χ4n) is 2.56. The average Bonchev–Trinajstić information content (AvgIpc) is 2.47. The van der Waals surface area contributed by atoms with Gasteiger partial charge in [-0.3, -0.25) is 4.90 Å². The summed E-state index contributed by atoms with van der Waals surface area (Å²) in [5.74, 6) is 0. The van der Waals surface area contributed by atoms with E-state index in [0.717, 1.165) is 6.04 Å². The lowest BCUT2D eigenvalue weighted by atomic mass is 10.0. The van der Waals surface area contributed by atoms with Gasteiger partial charge in [-0.05, 0) is 32.2 Å². The van der Waals surface area contributed by atoms with E-state index in [2.05, 4.69) is 4.90 Å². The Morgan fingerprint density at radius 1 is 1.18 bits per heavy atom. The molecule has 0 spiro atoms. The highest BCUT2D eigenvalue weighted by atomic mass is 16.3. The molecule has 0 saturated carbocycles. The zero-order valence-electron chi connectivity index (χ0n) is 7.00. The first-order chi connectivity index (χ1) is 5.42. The van der Waals surface area contributed by atoms with Crippen LogP contribution < -0.4 is 0 Å². The third kappa shape index (κ3) is 1.30. The zero-order chi connectivity index (χ0) is 7.68. The highest BCUT2D eigenvalue weighted by Crippen LogP contribution is 2.30. The summed E-state index contributed by atoms with van der Waals surface area (Å²) in [5, 5.41) is 9.06. The molecule has 0 amide bonds. The minimum atomic E-state index is 0.372. The highest BCUT2D eigenvalue weighted by Gasteiger charge is 2.33. The molecule has 0 aromatic heterocycles. The Morgan fingerprint density at radius 2 is 2.09 bits per heavy atom. The highest BCUT2D eigenvalue weighted by molar-refractivity contribution is 4.89. The van der Waals surface area contributed by atoms with Gasteiger partial charge in [-0.2, -0.15) is 0 Å². The molecule has 2 rings (SSSR count). The maximum absolute atomic E-state index is 9.06. The Morgan fingerprint density at radius 3 is 2.91 bits per heavy atom. The van der Waals surface area contributed by atoms with Crippen LogP contribution in [0.25, 0.3) is 0 Å². The van der Waals surface area contributed by atoms with Crippen LogP contribution in [-0.4, -0.2) is 35.2 Å². The summed E-state index contributed by atoms with van der Waals surface area (Å²) >= 11 is 0. The largest absolute Gasteiger partial charge is 0.395 e. The van der Waals surface area contributed by atoms with Gasteiger partial charge in [0, 0.05) is 12.1 Å². The molecule has 0 radical (unpaired) electrons. The number of aliphatic hydroxyl groups is 1. The smallest absolute Gasteiger partial charge is 0.0586 e. The topological polar surface area (TPSA) is 23.5 Å². The van der Waals surface area contributed by atoms with Crippen LogP contribution in [0.5, 0.6) is 0 Å². The maximum atomic E-state index is 9.06. The van der Waals surface area contributed by atoms with Gasteiger partial charge in [-0.1, -0.05) is 6.42 Å². The van der Waals surface area contributed by atoms with Crippen LogP contribution in [0.1, 0.15) is 32.1 Å². The van der Waals surface area contributed by atoms with E-state index in [4.69, 9.17) is 5.11 Å². The van der Waals surface area contributed by atoms with Gasteiger partial charge in [0.1, 0.15) is 0 Å². The first kappa shape index (κ1) is 7.56. The van der Waals surface area contributed by atoms with Gasteiger partial charge in [0.15, 0.2) is 0 Å². The average molecular weight is 155 g/mol. The fourth-order valence-corrected chi connectivity index (χ4v) is 2.56. The molecular formula is C9H17NO. The summed E-state index contributed by atoms with van der Waals surface area (Å²) in [5.41, 5.74) is 0. The van der Waals surface area contributed by atoms with Gasteiger partial charge in [0.25, 0.3) is 0 Å². The second kappa shape index (κ2) is 3.11. The van der Waals surface area contributed by atoms with Gasteiger partial charge in [-0.25, -0.2) is 0 Å². The van der Waals surface area contributed by atoms with Gasteiger partial charge < -0.3 is 5.11 Å². The van der Waals surface area contributed by atoms with E-state index in [9.17, 15) is 0 Å². The van der Waals surface area contributed by atoms with Crippen LogP contribution in [-0.2, 0) is 0 Å². The Hall–Kier alpha value is -0.0800. The predicted molar refractivity (Wildman–Crippen MR) is 44.5 cm³/mol. The van der Waals surface area contributed by atoms with Gasteiger partial charge in [0.05, 0.1) is 6.61 Å². The number of hydrogen-bond acceptors (Lipinski definition) is 2. The minimum absolute atomic E-state index is 0.372. The van der Waals surface area contributed by atoms with Gasteiger partial charge in [0.2, 0.25) is 0 Å². The maximum Gasteiger partial charge on any atom is 0.0586 e. The molecule has 11 heavy (non-hydrogen) atoms. The van der Waals surface area contributed by atoms with E-state index < -0.39 is 0 Å². The summed E-state index contributed by atoms with van der Waals surface area (Å²) in [6.45, 7) is 1.60. The van der Waals surface area contributed by atoms with Crippen LogP contribution in [0.3, 0.4) is 0 Å². The zero-order valence-corrected chi connectivity index (χ0v) is 7.00. The second-order valence-corrected chi connectivity index (χ2v) is 3.80. The molecule has 0 aromatic rings. The second-order valence-electron chi connectivity index (χ2n) is 3.80. The standard InChI is InChI=1S/C9H17NO/c11-7-9-5-4-8-3-1-2-6-10(8)9/h8-9,11H,1-7H2/t8-,9+/m0/s1. The van der Waals surface area contributed by atoms with E-state index in [-0.39, 0.29) is 0 Å². The molecular weight excluding hydrogens is 138 g/mol. The Labute approximate surface area is 68.2 Å². The van der Waals surface area contributed by atoms with Crippen molar-refractivity contribution in [2.45, 2.75) is 44.2 Å². The molecule has 64 valence electrons. The first-order valence-corrected chi connectivity index (χ1v) is 4.78. The van der Waals surface area contributed by atoms with Crippen LogP contribution in [0, 0.1) is 0 Å². The third-order valence-electron chi connectivity index (χ3n) is 3.19. The molecule has 2 atom stereocenters. The van der Waals surface area contributed by atoms with Crippen LogP contribution in [0.2, 0.25) is 0 Å². The Bertz CT molecular complexity index is 132. The van der Waals surface area contributed by atoms with Crippen molar-refractivity contribution in [2.24, 2.45) is 0 Å². The van der Waals surface area contributed by atoms with Gasteiger partial charge in [-0.15, -0.1) is 0 Å². The minimum Gasteiger partial charge on any atom is -0.395 e. The molecule has 2 aliphatic rings. The normalized spacial score (nSPS) is 39.0. The Kier molecular flexibility index (Phi) is 2.14. The van der Waals surface area contributed by atoms with E-state index >= 15 is 0 Å². The van der Waals surface area contributed by atoms with Crippen molar-refractivity contribution in [3.63, 3.8) is 0 Å². The van der Waals surface area contributed by atoms with Crippen molar-refractivity contribution in [1.29, 1.82) is 0 Å².